The second-order valence-electron chi connectivity index (χ2n) is 14.7. The Kier molecular flexibility index (Phi) is 11.2. The Morgan fingerprint density at radius 3 is 2.26 bits per heavy atom. The number of ether oxygens (including phenoxy) is 2. The summed E-state index contributed by atoms with van der Waals surface area (Å²) in [5, 5.41) is 20.0. The average molecular weight is 638 g/mol. The van der Waals surface area contributed by atoms with Crippen LogP contribution in [0.3, 0.4) is 0 Å². The topological polar surface area (TPSA) is 131 Å². The molecule has 3 fully saturated rings. The van der Waals surface area contributed by atoms with Crippen molar-refractivity contribution in [1.82, 2.24) is 0 Å². The predicted molar refractivity (Wildman–Crippen MR) is 176 cm³/mol. The van der Waals surface area contributed by atoms with Crippen molar-refractivity contribution in [2.75, 3.05) is 6.61 Å². The summed E-state index contributed by atoms with van der Waals surface area (Å²) in [6, 6.07) is 2.12. The van der Waals surface area contributed by atoms with Gasteiger partial charge in [0.25, 0.3) is 6.47 Å². The highest BCUT2D eigenvalue weighted by atomic mass is 16.6. The number of carbonyl (C=O) groups is 4. The molecule has 5 aliphatic rings. The summed E-state index contributed by atoms with van der Waals surface area (Å²) < 4.78 is 10.4. The van der Waals surface area contributed by atoms with Gasteiger partial charge in [-0.25, -0.2) is 0 Å². The van der Waals surface area contributed by atoms with E-state index in [9.17, 15) is 29.5 Å². The van der Waals surface area contributed by atoms with Crippen LogP contribution in [0.4, 0.5) is 0 Å². The number of carbonyl (C=O) groups excluding carboxylic acids is 4. The van der Waals surface area contributed by atoms with Gasteiger partial charge in [-0.1, -0.05) is 74.0 Å². The number of esters is 1. The van der Waals surface area contributed by atoms with Crippen LogP contribution in [0.15, 0.2) is 34.8 Å². The SMILES string of the molecule is C/C(OC=O)=C(/O)COC(=O)[C@@]12CCC3C(C(=O)C=C4[C@@]5(C)C=C(C#N)C(=O)[C@H](C)C5CC[C@]43C)C1CC(C)(C)CC2.CC.CC. The molecule has 0 aromatic rings. The Balaban J connectivity index is 0.00000139. The fourth-order valence-corrected chi connectivity index (χ4v) is 9.77. The van der Waals surface area contributed by atoms with Crippen molar-refractivity contribution < 1.29 is 33.8 Å². The molecule has 5 rings (SSSR count). The van der Waals surface area contributed by atoms with Crippen molar-refractivity contribution >= 4 is 24.0 Å². The fraction of sp³-hybridized carbons (Fsp3) is 0.711. The predicted octanol–water partition coefficient (Wildman–Crippen LogP) is 7.98. The summed E-state index contributed by atoms with van der Waals surface area (Å²) in [5.74, 6) is -1.60. The first-order chi connectivity index (χ1) is 21.6. The number of aliphatic hydroxyl groups excluding tert-OH is 1. The zero-order chi connectivity index (χ0) is 34.8. The minimum absolute atomic E-state index is 0.0233. The Morgan fingerprint density at radius 1 is 1.02 bits per heavy atom. The lowest BCUT2D eigenvalue weighted by atomic mass is 9.39. The molecule has 5 aliphatic carbocycles. The van der Waals surface area contributed by atoms with Gasteiger partial charge in [0.05, 0.1) is 11.0 Å². The number of allylic oxidation sites excluding steroid dienone is 5. The van der Waals surface area contributed by atoms with Crippen molar-refractivity contribution in [2.24, 2.45) is 51.2 Å². The summed E-state index contributed by atoms with van der Waals surface area (Å²) in [6.07, 6.45) is 8.76. The fourth-order valence-electron chi connectivity index (χ4n) is 9.77. The highest BCUT2D eigenvalue weighted by Crippen LogP contribution is 2.69. The lowest BCUT2D eigenvalue weighted by Gasteiger charge is -2.63. The van der Waals surface area contributed by atoms with Crippen LogP contribution in [0.5, 0.6) is 0 Å². The summed E-state index contributed by atoms with van der Waals surface area (Å²) in [5.41, 5.74) is -0.527. The maximum absolute atomic E-state index is 14.3. The van der Waals surface area contributed by atoms with Crippen LogP contribution in [-0.2, 0) is 28.7 Å². The summed E-state index contributed by atoms with van der Waals surface area (Å²) in [7, 11) is 0. The van der Waals surface area contributed by atoms with Gasteiger partial charge in [-0.3, -0.25) is 19.2 Å². The lowest BCUT2D eigenvalue weighted by molar-refractivity contribution is -0.180. The summed E-state index contributed by atoms with van der Waals surface area (Å²) in [6.45, 7) is 19.9. The molecule has 0 aromatic heterocycles. The third kappa shape index (κ3) is 6.00. The normalized spacial score (nSPS) is 37.5. The highest BCUT2D eigenvalue weighted by molar-refractivity contribution is 6.02. The number of hydrogen-bond donors (Lipinski definition) is 1. The Labute approximate surface area is 275 Å². The van der Waals surface area contributed by atoms with Crippen LogP contribution in [0, 0.1) is 62.6 Å². The van der Waals surface area contributed by atoms with E-state index in [-0.39, 0.29) is 75.5 Å². The van der Waals surface area contributed by atoms with Crippen molar-refractivity contribution in [2.45, 2.75) is 114 Å². The van der Waals surface area contributed by atoms with Gasteiger partial charge in [0.1, 0.15) is 11.8 Å². The van der Waals surface area contributed by atoms with Gasteiger partial charge in [-0.15, -0.1) is 0 Å². The highest BCUT2D eigenvalue weighted by Gasteiger charge is 2.66. The number of ketones is 2. The van der Waals surface area contributed by atoms with E-state index in [1.807, 2.05) is 46.8 Å². The maximum atomic E-state index is 14.3. The molecule has 8 nitrogen and oxygen atoms in total. The Morgan fingerprint density at radius 2 is 1.65 bits per heavy atom. The van der Waals surface area contributed by atoms with E-state index in [0.717, 1.165) is 24.8 Å². The molecule has 0 bridgehead atoms. The standard InChI is InChI=1S/C34H43NO7.2C2H6/c1-19-22-7-9-32(5)23-8-10-34(30(40)41-17-26(38)20(2)42-18-36)12-11-31(3,4)15-24(34)28(23)25(37)13-27(32)33(22,6)14-21(16-35)29(19)39;2*1-2/h13-14,18-19,22-24,28,38H,7-12,15,17H2,1-6H3;2*1-2H3/b26-20-;;/t19-,22?,23?,24?,28?,32+,33+,34-;;/m1../s1. The third-order valence-electron chi connectivity index (χ3n) is 12.1. The van der Waals surface area contributed by atoms with Crippen molar-refractivity contribution in [3.05, 3.63) is 34.8 Å². The van der Waals surface area contributed by atoms with Gasteiger partial charge in [0, 0.05) is 17.3 Å². The van der Waals surface area contributed by atoms with E-state index in [4.69, 9.17) is 9.47 Å². The van der Waals surface area contributed by atoms with E-state index >= 15 is 0 Å². The van der Waals surface area contributed by atoms with Gasteiger partial charge < -0.3 is 14.6 Å². The molecule has 46 heavy (non-hydrogen) atoms. The van der Waals surface area contributed by atoms with Gasteiger partial charge in [0.15, 0.2) is 23.9 Å². The van der Waals surface area contributed by atoms with Gasteiger partial charge in [-0.2, -0.15) is 5.26 Å². The number of rotatable bonds is 5. The van der Waals surface area contributed by atoms with Crippen LogP contribution >= 0.6 is 0 Å². The second kappa shape index (κ2) is 13.9. The summed E-state index contributed by atoms with van der Waals surface area (Å²) >= 11 is 0. The second-order valence-corrected chi connectivity index (χ2v) is 14.7. The van der Waals surface area contributed by atoms with Crippen LogP contribution < -0.4 is 0 Å². The molecule has 3 saturated carbocycles. The van der Waals surface area contributed by atoms with Crippen LogP contribution in [0.1, 0.15) is 114 Å². The third-order valence-corrected chi connectivity index (χ3v) is 12.1. The van der Waals surface area contributed by atoms with Crippen molar-refractivity contribution in [3.8, 4) is 6.07 Å². The van der Waals surface area contributed by atoms with E-state index in [0.29, 0.717) is 25.7 Å². The molecular formula is C38H55NO7. The molecule has 0 heterocycles. The molecule has 0 amide bonds. The number of Topliss-reactive ketones (excluding diaryl/α,β-unsaturated/α-hetero) is 1. The van der Waals surface area contributed by atoms with Crippen LogP contribution in [0.2, 0.25) is 0 Å². The molecular weight excluding hydrogens is 582 g/mol. The molecule has 0 spiro atoms. The molecule has 8 atom stereocenters. The van der Waals surface area contributed by atoms with Gasteiger partial charge in [-0.05, 0) is 86.5 Å². The van der Waals surface area contributed by atoms with E-state index in [2.05, 4.69) is 33.8 Å². The van der Waals surface area contributed by atoms with E-state index in [1.165, 1.54) is 6.92 Å². The van der Waals surface area contributed by atoms with Gasteiger partial charge in [0.2, 0.25) is 0 Å². The first kappa shape index (κ1) is 37.2. The number of nitriles is 1. The number of aliphatic hydroxyl groups is 1. The van der Waals surface area contributed by atoms with Crippen LogP contribution in [-0.4, -0.2) is 35.7 Å². The molecule has 0 saturated heterocycles. The zero-order valence-electron chi connectivity index (χ0n) is 29.6. The van der Waals surface area contributed by atoms with E-state index in [1.54, 1.807) is 0 Å². The molecule has 4 unspecified atom stereocenters. The largest absolute Gasteiger partial charge is 0.506 e. The maximum Gasteiger partial charge on any atom is 0.312 e. The summed E-state index contributed by atoms with van der Waals surface area (Å²) in [4.78, 5) is 51.8. The smallest absolute Gasteiger partial charge is 0.312 e. The lowest BCUT2D eigenvalue weighted by Crippen LogP contribution is -2.61. The molecule has 0 aliphatic heterocycles. The minimum Gasteiger partial charge on any atom is -0.506 e. The van der Waals surface area contributed by atoms with Crippen molar-refractivity contribution in [1.29, 1.82) is 5.26 Å². The quantitative estimate of drug-likeness (QED) is 0.182. The number of fused-ring (bicyclic) bond motifs is 7. The first-order valence-electron chi connectivity index (χ1n) is 17.2. The molecule has 8 heteroatoms. The van der Waals surface area contributed by atoms with Crippen LogP contribution in [0.25, 0.3) is 0 Å². The van der Waals surface area contributed by atoms with E-state index < -0.39 is 23.4 Å². The molecule has 0 radical (unpaired) electrons. The number of hydrogen-bond acceptors (Lipinski definition) is 8. The minimum atomic E-state index is -0.839. The average Bonchev–Trinajstić information content (AvgIpc) is 3.04. The van der Waals surface area contributed by atoms with Crippen molar-refractivity contribution in [3.63, 3.8) is 0 Å². The monoisotopic (exact) mass is 637 g/mol. The molecule has 254 valence electrons. The molecule has 1 N–H and O–H groups in total. The zero-order valence-corrected chi connectivity index (χ0v) is 29.6. The number of nitrogens with zero attached hydrogens (tertiary/aromatic N) is 1. The Hall–Kier alpha value is -3.21. The Bertz CT molecular complexity index is 1360. The van der Waals surface area contributed by atoms with Gasteiger partial charge >= 0.3 is 5.97 Å². The molecule has 0 aromatic carbocycles. The first-order valence-corrected chi connectivity index (χ1v) is 17.2.